The number of hydrogen-bond acceptors (Lipinski definition) is 5. The normalized spacial score (nSPS) is 21.3. The fourth-order valence-corrected chi connectivity index (χ4v) is 4.39. The van der Waals surface area contributed by atoms with Crippen LogP contribution in [0.2, 0.25) is 0 Å². The molecule has 8 nitrogen and oxygen atoms in total. The van der Waals surface area contributed by atoms with E-state index in [0.29, 0.717) is 19.5 Å². The van der Waals surface area contributed by atoms with Crippen LogP contribution < -0.4 is 10.9 Å². The average molecular weight is 409 g/mol. The van der Waals surface area contributed by atoms with Crippen LogP contribution in [-0.4, -0.2) is 64.0 Å². The van der Waals surface area contributed by atoms with Gasteiger partial charge in [-0.3, -0.25) is 19.3 Å². The molecule has 2 aliphatic rings. The predicted octanol–water partition coefficient (Wildman–Crippen LogP) is 0.937. The maximum atomic E-state index is 12.9. The SMILES string of the molecule is CN1[C@@H](CC(=O)N2CCc3ccccc3C2)CC[C@H]1CNC(=O)c1ccc(=O)[nH]n1. The van der Waals surface area contributed by atoms with E-state index >= 15 is 0 Å². The molecule has 3 heterocycles. The molecule has 2 atom stereocenters. The fraction of sp³-hybridized carbons (Fsp3) is 0.455. The number of fused-ring (bicyclic) bond motifs is 1. The summed E-state index contributed by atoms with van der Waals surface area (Å²) >= 11 is 0. The van der Waals surface area contributed by atoms with E-state index < -0.39 is 0 Å². The lowest BCUT2D eigenvalue weighted by Crippen LogP contribution is -2.43. The summed E-state index contributed by atoms with van der Waals surface area (Å²) in [6.45, 7) is 1.95. The lowest BCUT2D eigenvalue weighted by Gasteiger charge is -2.31. The molecule has 1 saturated heterocycles. The highest BCUT2D eigenvalue weighted by atomic mass is 16.2. The second-order valence-electron chi connectivity index (χ2n) is 8.11. The highest BCUT2D eigenvalue weighted by molar-refractivity contribution is 5.92. The maximum Gasteiger partial charge on any atom is 0.271 e. The number of hydrogen-bond donors (Lipinski definition) is 2. The number of carbonyl (C=O) groups excluding carboxylic acids is 2. The molecule has 1 aromatic carbocycles. The Kier molecular flexibility index (Phi) is 5.94. The van der Waals surface area contributed by atoms with Crippen LogP contribution in [-0.2, 0) is 17.8 Å². The van der Waals surface area contributed by atoms with Crippen molar-refractivity contribution in [3.05, 3.63) is 63.6 Å². The molecule has 1 aromatic heterocycles. The topological polar surface area (TPSA) is 98.4 Å². The van der Waals surface area contributed by atoms with Crippen molar-refractivity contribution in [2.75, 3.05) is 20.1 Å². The van der Waals surface area contributed by atoms with Gasteiger partial charge in [0, 0.05) is 44.2 Å². The third-order valence-corrected chi connectivity index (χ3v) is 6.29. The first kappa shape index (κ1) is 20.3. The lowest BCUT2D eigenvalue weighted by molar-refractivity contribution is -0.133. The molecular weight excluding hydrogens is 382 g/mol. The van der Waals surface area contributed by atoms with Crippen LogP contribution >= 0.6 is 0 Å². The summed E-state index contributed by atoms with van der Waals surface area (Å²) in [5.74, 6) is -0.116. The number of rotatable bonds is 5. The van der Waals surface area contributed by atoms with Gasteiger partial charge in [0.2, 0.25) is 5.91 Å². The van der Waals surface area contributed by atoms with Crippen molar-refractivity contribution in [3.63, 3.8) is 0 Å². The Labute approximate surface area is 175 Å². The summed E-state index contributed by atoms with van der Waals surface area (Å²) in [5, 5.41) is 8.89. The van der Waals surface area contributed by atoms with E-state index in [0.717, 1.165) is 25.8 Å². The minimum Gasteiger partial charge on any atom is -0.349 e. The molecule has 0 bridgehead atoms. The molecule has 0 saturated carbocycles. The molecule has 0 radical (unpaired) electrons. The number of nitrogens with zero attached hydrogens (tertiary/aromatic N) is 3. The summed E-state index contributed by atoms with van der Waals surface area (Å²) in [5.41, 5.74) is 2.43. The largest absolute Gasteiger partial charge is 0.349 e. The second-order valence-corrected chi connectivity index (χ2v) is 8.11. The van der Waals surface area contributed by atoms with Crippen LogP contribution in [0.5, 0.6) is 0 Å². The van der Waals surface area contributed by atoms with E-state index in [4.69, 9.17) is 0 Å². The first-order valence-corrected chi connectivity index (χ1v) is 10.4. The molecule has 0 aliphatic carbocycles. The van der Waals surface area contributed by atoms with E-state index in [-0.39, 0.29) is 35.2 Å². The van der Waals surface area contributed by atoms with Gasteiger partial charge in [0.15, 0.2) is 0 Å². The summed E-state index contributed by atoms with van der Waals surface area (Å²) in [7, 11) is 2.02. The van der Waals surface area contributed by atoms with E-state index in [1.54, 1.807) is 0 Å². The Bertz CT molecular complexity index is 968. The summed E-state index contributed by atoms with van der Waals surface area (Å²) < 4.78 is 0. The van der Waals surface area contributed by atoms with Crippen molar-refractivity contribution in [1.82, 2.24) is 25.3 Å². The van der Waals surface area contributed by atoms with E-state index in [1.807, 2.05) is 18.0 Å². The minimum absolute atomic E-state index is 0.177. The van der Waals surface area contributed by atoms with Gasteiger partial charge < -0.3 is 10.2 Å². The van der Waals surface area contributed by atoms with Gasteiger partial charge in [0.05, 0.1) is 0 Å². The van der Waals surface area contributed by atoms with Crippen LogP contribution in [0.25, 0.3) is 0 Å². The van der Waals surface area contributed by atoms with Gasteiger partial charge in [-0.2, -0.15) is 5.10 Å². The van der Waals surface area contributed by atoms with Crippen LogP contribution in [0.15, 0.2) is 41.2 Å². The first-order chi connectivity index (χ1) is 14.5. The van der Waals surface area contributed by atoms with Gasteiger partial charge in [-0.15, -0.1) is 0 Å². The van der Waals surface area contributed by atoms with Gasteiger partial charge in [-0.1, -0.05) is 24.3 Å². The number of aromatic nitrogens is 2. The first-order valence-electron chi connectivity index (χ1n) is 10.4. The molecule has 30 heavy (non-hydrogen) atoms. The Morgan fingerprint density at radius 3 is 2.67 bits per heavy atom. The van der Waals surface area contributed by atoms with Crippen LogP contribution in [0.3, 0.4) is 0 Å². The van der Waals surface area contributed by atoms with Gasteiger partial charge in [0.25, 0.3) is 11.5 Å². The minimum atomic E-state index is -0.341. The summed E-state index contributed by atoms with van der Waals surface area (Å²) in [6, 6.07) is 11.4. The highest BCUT2D eigenvalue weighted by Gasteiger charge is 2.33. The quantitative estimate of drug-likeness (QED) is 0.766. The molecule has 2 amide bonds. The van der Waals surface area contributed by atoms with Gasteiger partial charge in [-0.05, 0) is 43.5 Å². The Balaban J connectivity index is 1.27. The number of H-pyrrole nitrogens is 1. The van der Waals surface area contributed by atoms with Crippen molar-refractivity contribution in [3.8, 4) is 0 Å². The number of carbonyl (C=O) groups is 2. The van der Waals surface area contributed by atoms with Crippen molar-refractivity contribution >= 4 is 11.8 Å². The predicted molar refractivity (Wildman–Crippen MR) is 112 cm³/mol. The molecule has 158 valence electrons. The zero-order chi connectivity index (χ0) is 21.1. The third-order valence-electron chi connectivity index (χ3n) is 6.29. The van der Waals surface area contributed by atoms with Crippen molar-refractivity contribution in [2.45, 2.75) is 44.3 Å². The highest BCUT2D eigenvalue weighted by Crippen LogP contribution is 2.26. The van der Waals surface area contributed by atoms with Crippen molar-refractivity contribution < 1.29 is 9.59 Å². The number of nitrogens with one attached hydrogen (secondary N) is 2. The number of benzene rings is 1. The smallest absolute Gasteiger partial charge is 0.271 e. The molecule has 1 fully saturated rings. The molecule has 8 heteroatoms. The number of likely N-dealkylation sites (N-methyl/N-ethyl adjacent to an activating group) is 1. The number of likely N-dealkylation sites (tertiary alicyclic amines) is 1. The van der Waals surface area contributed by atoms with Gasteiger partial charge in [-0.25, -0.2) is 5.10 Å². The second kappa shape index (κ2) is 8.79. The molecule has 0 unspecified atom stereocenters. The Morgan fingerprint density at radius 1 is 1.13 bits per heavy atom. The zero-order valence-electron chi connectivity index (χ0n) is 17.1. The zero-order valence-corrected chi connectivity index (χ0v) is 17.1. The van der Waals surface area contributed by atoms with E-state index in [9.17, 15) is 14.4 Å². The number of aromatic amines is 1. The molecule has 2 aromatic rings. The molecule has 0 spiro atoms. The lowest BCUT2D eigenvalue weighted by atomic mass is 9.99. The summed E-state index contributed by atoms with van der Waals surface area (Å²) in [4.78, 5) is 40.3. The number of amides is 2. The fourth-order valence-electron chi connectivity index (χ4n) is 4.39. The van der Waals surface area contributed by atoms with Gasteiger partial charge in [0.1, 0.15) is 5.69 Å². The third kappa shape index (κ3) is 4.43. The molecular formula is C22H27N5O3. The van der Waals surface area contributed by atoms with E-state index in [1.165, 1.54) is 23.3 Å². The Morgan fingerprint density at radius 2 is 1.90 bits per heavy atom. The average Bonchev–Trinajstić information content (AvgIpc) is 3.11. The molecule has 2 aliphatic heterocycles. The van der Waals surface area contributed by atoms with Crippen LogP contribution in [0.4, 0.5) is 0 Å². The summed E-state index contributed by atoms with van der Waals surface area (Å²) in [6.07, 6.45) is 3.28. The van der Waals surface area contributed by atoms with Gasteiger partial charge >= 0.3 is 0 Å². The molecule has 2 N–H and O–H groups in total. The molecule has 4 rings (SSSR count). The standard InChI is InChI=1S/C22H27N5O3/c1-26-17(12-21(29)27-11-10-15-4-2-3-5-16(15)14-27)6-7-18(26)13-23-22(30)19-8-9-20(28)25-24-19/h2-5,8-9,17-18H,6-7,10-14H2,1H3,(H,23,30)(H,25,28)/t17-,18+/m1/s1. The van der Waals surface area contributed by atoms with E-state index in [2.05, 4.69) is 38.6 Å². The maximum absolute atomic E-state index is 12.9. The monoisotopic (exact) mass is 409 g/mol. The van der Waals surface area contributed by atoms with Crippen LogP contribution in [0, 0.1) is 0 Å². The Hall–Kier alpha value is -3.00. The van der Waals surface area contributed by atoms with Crippen molar-refractivity contribution in [2.24, 2.45) is 0 Å². The van der Waals surface area contributed by atoms with Crippen LogP contribution in [0.1, 0.15) is 40.9 Å². The van der Waals surface area contributed by atoms with Crippen molar-refractivity contribution in [1.29, 1.82) is 0 Å².